The van der Waals surface area contributed by atoms with Gasteiger partial charge in [-0.05, 0) is 30.3 Å². The summed E-state index contributed by atoms with van der Waals surface area (Å²) in [4.78, 5) is 11.7. The molecule has 0 aromatic heterocycles. The van der Waals surface area contributed by atoms with E-state index in [0.717, 1.165) is 6.07 Å². The third-order valence-electron chi connectivity index (χ3n) is 2.66. The number of phenolic OH excluding ortho intramolecular Hbond substituents is 1. The number of rotatable bonds is 3. The highest BCUT2D eigenvalue weighted by atomic mass is 19.1. The van der Waals surface area contributed by atoms with Crippen molar-refractivity contribution in [2.24, 2.45) is 0 Å². The van der Waals surface area contributed by atoms with Gasteiger partial charge in [0.1, 0.15) is 23.7 Å². The van der Waals surface area contributed by atoms with Gasteiger partial charge in [-0.3, -0.25) is 0 Å². The molecule has 0 amide bonds. The van der Waals surface area contributed by atoms with Crippen LogP contribution in [-0.2, 0) is 11.3 Å². The van der Waals surface area contributed by atoms with Crippen LogP contribution in [0, 0.1) is 17.1 Å². The second-order valence-corrected chi connectivity index (χ2v) is 4.01. The van der Waals surface area contributed by atoms with Gasteiger partial charge in [-0.25, -0.2) is 9.18 Å². The Balaban J connectivity index is 2.12. The molecule has 5 heteroatoms. The molecule has 0 spiro atoms. The topological polar surface area (TPSA) is 70.3 Å². The van der Waals surface area contributed by atoms with Crippen molar-refractivity contribution in [3.63, 3.8) is 0 Å². The van der Waals surface area contributed by atoms with Crippen LogP contribution in [0.5, 0.6) is 5.75 Å². The lowest BCUT2D eigenvalue weighted by atomic mass is 10.1. The summed E-state index contributed by atoms with van der Waals surface area (Å²) in [5.74, 6) is -1.53. The Bertz CT molecular complexity index is 692. The van der Waals surface area contributed by atoms with E-state index in [-0.39, 0.29) is 29.0 Å². The van der Waals surface area contributed by atoms with Crippen LogP contribution < -0.4 is 0 Å². The van der Waals surface area contributed by atoms with E-state index in [9.17, 15) is 14.3 Å². The minimum atomic E-state index is -0.759. The molecule has 0 aliphatic rings. The quantitative estimate of drug-likeness (QED) is 0.871. The zero-order valence-corrected chi connectivity index (χ0v) is 10.3. The number of hydrogen-bond donors (Lipinski definition) is 1. The van der Waals surface area contributed by atoms with Gasteiger partial charge in [0.25, 0.3) is 0 Å². The van der Waals surface area contributed by atoms with Crippen LogP contribution in [0.25, 0.3) is 0 Å². The number of carbonyl (C=O) groups excluding carboxylic acids is 1. The highest BCUT2D eigenvalue weighted by Gasteiger charge is 2.13. The zero-order chi connectivity index (χ0) is 14.5. The van der Waals surface area contributed by atoms with Gasteiger partial charge in [0.05, 0.1) is 11.6 Å². The van der Waals surface area contributed by atoms with Gasteiger partial charge in [-0.2, -0.15) is 5.26 Å². The average molecular weight is 271 g/mol. The maximum atomic E-state index is 13.5. The molecule has 20 heavy (non-hydrogen) atoms. The van der Waals surface area contributed by atoms with Gasteiger partial charge in [0.15, 0.2) is 0 Å². The van der Waals surface area contributed by atoms with Crippen LogP contribution in [0.1, 0.15) is 21.5 Å². The van der Waals surface area contributed by atoms with E-state index < -0.39 is 11.8 Å². The zero-order valence-electron chi connectivity index (χ0n) is 10.3. The van der Waals surface area contributed by atoms with Crippen LogP contribution in [0.4, 0.5) is 4.39 Å². The highest BCUT2D eigenvalue weighted by Crippen LogP contribution is 2.18. The molecule has 0 heterocycles. The summed E-state index contributed by atoms with van der Waals surface area (Å²) in [6.07, 6.45) is 0. The number of phenols is 1. The van der Waals surface area contributed by atoms with Crippen molar-refractivity contribution in [3.05, 3.63) is 65.0 Å². The number of halogens is 1. The molecule has 0 unspecified atom stereocenters. The van der Waals surface area contributed by atoms with E-state index >= 15 is 0 Å². The van der Waals surface area contributed by atoms with E-state index in [4.69, 9.17) is 10.00 Å². The Hall–Kier alpha value is -2.87. The smallest absolute Gasteiger partial charge is 0.342 e. The molecule has 0 aliphatic heterocycles. The second kappa shape index (κ2) is 5.85. The Kier molecular flexibility index (Phi) is 3.96. The minimum Gasteiger partial charge on any atom is -0.507 e. The predicted octanol–water partition coefficient (Wildman–Crippen LogP) is 2.76. The fraction of sp³-hybridized carbons (Fsp3) is 0.0667. The van der Waals surface area contributed by atoms with Gasteiger partial charge < -0.3 is 9.84 Å². The van der Waals surface area contributed by atoms with Crippen molar-refractivity contribution in [2.45, 2.75) is 6.61 Å². The molecule has 2 aromatic carbocycles. The molecule has 0 saturated heterocycles. The van der Waals surface area contributed by atoms with Gasteiger partial charge in [0, 0.05) is 5.56 Å². The Morgan fingerprint density at radius 1 is 1.30 bits per heavy atom. The molecule has 100 valence electrons. The maximum absolute atomic E-state index is 13.5. The van der Waals surface area contributed by atoms with E-state index in [1.54, 1.807) is 12.1 Å². The van der Waals surface area contributed by atoms with E-state index in [1.807, 2.05) is 6.07 Å². The van der Waals surface area contributed by atoms with Gasteiger partial charge in [-0.1, -0.05) is 12.1 Å². The van der Waals surface area contributed by atoms with Gasteiger partial charge >= 0.3 is 5.97 Å². The third kappa shape index (κ3) is 2.93. The van der Waals surface area contributed by atoms with Crippen molar-refractivity contribution in [1.82, 2.24) is 0 Å². The minimum absolute atomic E-state index is 0.00402. The maximum Gasteiger partial charge on any atom is 0.342 e. The molecule has 1 N–H and O–H groups in total. The molecule has 2 aromatic rings. The number of nitriles is 1. The Labute approximate surface area is 114 Å². The molecule has 0 saturated carbocycles. The molecule has 2 rings (SSSR count). The monoisotopic (exact) mass is 271 g/mol. The highest BCUT2D eigenvalue weighted by molar-refractivity contribution is 5.92. The van der Waals surface area contributed by atoms with Crippen LogP contribution in [0.15, 0.2) is 42.5 Å². The molecule has 0 fully saturated rings. The van der Waals surface area contributed by atoms with Crippen LogP contribution in [0.2, 0.25) is 0 Å². The number of esters is 1. The summed E-state index contributed by atoms with van der Waals surface area (Å²) in [6.45, 7) is -0.311. The fourth-order valence-corrected chi connectivity index (χ4v) is 1.62. The molecule has 0 bridgehead atoms. The van der Waals surface area contributed by atoms with Crippen molar-refractivity contribution >= 4 is 5.97 Å². The molecule has 0 radical (unpaired) electrons. The number of aromatic hydroxyl groups is 1. The first-order valence-electron chi connectivity index (χ1n) is 5.75. The van der Waals surface area contributed by atoms with E-state index in [0.29, 0.717) is 0 Å². The SMILES string of the molecule is N#Cc1ccc(F)c(COC(=O)c2ccccc2O)c1. The molecular formula is C15H10FNO3. The second-order valence-electron chi connectivity index (χ2n) is 4.01. The molecular weight excluding hydrogens is 261 g/mol. The number of hydrogen-bond acceptors (Lipinski definition) is 4. The lowest BCUT2D eigenvalue weighted by molar-refractivity contribution is 0.0465. The lowest BCUT2D eigenvalue weighted by Crippen LogP contribution is -2.06. The molecule has 0 aliphatic carbocycles. The molecule has 4 nitrogen and oxygen atoms in total. The summed E-state index contributed by atoms with van der Waals surface area (Å²) < 4.78 is 18.4. The lowest BCUT2D eigenvalue weighted by Gasteiger charge is -2.07. The first kappa shape index (κ1) is 13.6. The fourth-order valence-electron chi connectivity index (χ4n) is 1.62. The average Bonchev–Trinajstić information content (AvgIpc) is 2.46. The summed E-state index contributed by atoms with van der Waals surface area (Å²) in [5.41, 5.74) is 0.386. The van der Waals surface area contributed by atoms with E-state index in [1.165, 1.54) is 24.3 Å². The Morgan fingerprint density at radius 2 is 2.05 bits per heavy atom. The van der Waals surface area contributed by atoms with Crippen molar-refractivity contribution in [2.75, 3.05) is 0 Å². The standard InChI is InChI=1S/C15H10FNO3/c16-13-6-5-10(8-17)7-11(13)9-20-15(19)12-3-1-2-4-14(12)18/h1-7,18H,9H2. The van der Waals surface area contributed by atoms with Crippen LogP contribution in [0.3, 0.4) is 0 Å². The number of ether oxygens (including phenoxy) is 1. The van der Waals surface area contributed by atoms with Gasteiger partial charge in [0.2, 0.25) is 0 Å². The van der Waals surface area contributed by atoms with E-state index in [2.05, 4.69) is 0 Å². The first-order valence-corrected chi connectivity index (χ1v) is 5.75. The van der Waals surface area contributed by atoms with Crippen molar-refractivity contribution in [1.29, 1.82) is 5.26 Å². The largest absolute Gasteiger partial charge is 0.507 e. The summed E-state index contributed by atoms with van der Waals surface area (Å²) in [5, 5.41) is 18.2. The third-order valence-corrected chi connectivity index (χ3v) is 2.66. The number of para-hydroxylation sites is 1. The summed E-state index contributed by atoms with van der Waals surface area (Å²) in [7, 11) is 0. The Morgan fingerprint density at radius 3 is 2.75 bits per heavy atom. The number of benzene rings is 2. The van der Waals surface area contributed by atoms with Crippen molar-refractivity contribution in [3.8, 4) is 11.8 Å². The normalized spacial score (nSPS) is 9.80. The number of nitrogens with zero attached hydrogens (tertiary/aromatic N) is 1. The first-order chi connectivity index (χ1) is 9.61. The summed E-state index contributed by atoms with van der Waals surface area (Å²) >= 11 is 0. The van der Waals surface area contributed by atoms with Crippen LogP contribution >= 0.6 is 0 Å². The van der Waals surface area contributed by atoms with Crippen molar-refractivity contribution < 1.29 is 19.0 Å². The predicted molar refractivity (Wildman–Crippen MR) is 68.3 cm³/mol. The molecule has 0 atom stereocenters. The van der Waals surface area contributed by atoms with Crippen LogP contribution in [-0.4, -0.2) is 11.1 Å². The number of carbonyl (C=O) groups is 1. The summed E-state index contributed by atoms with van der Waals surface area (Å²) in [6, 6.07) is 11.6. The van der Waals surface area contributed by atoms with Gasteiger partial charge in [-0.15, -0.1) is 0 Å².